The van der Waals surface area contributed by atoms with Gasteiger partial charge in [-0.3, -0.25) is 9.59 Å². The van der Waals surface area contributed by atoms with E-state index in [-0.39, 0.29) is 29.6 Å². The summed E-state index contributed by atoms with van der Waals surface area (Å²) in [5.41, 5.74) is 8.60. The number of carboxylic acid groups (broad SMARTS) is 1. The van der Waals surface area contributed by atoms with Crippen molar-refractivity contribution in [3.8, 4) is 0 Å². The van der Waals surface area contributed by atoms with Crippen molar-refractivity contribution in [3.63, 3.8) is 0 Å². The lowest BCUT2D eigenvalue weighted by Gasteiger charge is -2.46. The normalized spacial score (nSPS) is 22.7. The molecule has 6 heteroatoms. The van der Waals surface area contributed by atoms with Gasteiger partial charge in [-0.25, -0.2) is 0 Å². The van der Waals surface area contributed by atoms with Gasteiger partial charge in [-0.2, -0.15) is 0 Å². The van der Waals surface area contributed by atoms with Crippen LogP contribution in [-0.2, 0) is 10.2 Å². The second kappa shape index (κ2) is 10.1. The molecule has 0 spiro atoms. The molecule has 31 heavy (non-hydrogen) atoms. The third kappa shape index (κ3) is 5.71. The number of nitrogens with zero attached hydrogens (tertiary/aromatic N) is 1. The third-order valence-electron chi connectivity index (χ3n) is 6.66. The molecule has 0 amide bonds. The number of carboxylic acids is 1. The lowest BCUT2D eigenvalue weighted by Crippen LogP contribution is -2.49. The van der Waals surface area contributed by atoms with Crippen LogP contribution in [-0.4, -0.2) is 55.0 Å². The van der Waals surface area contributed by atoms with Crippen molar-refractivity contribution in [3.05, 3.63) is 65.7 Å². The number of ketones is 1. The fourth-order valence-corrected chi connectivity index (χ4v) is 4.72. The first-order valence-electron chi connectivity index (χ1n) is 10.9. The van der Waals surface area contributed by atoms with Crippen molar-refractivity contribution in [1.29, 1.82) is 0 Å². The van der Waals surface area contributed by atoms with E-state index in [1.807, 2.05) is 42.5 Å². The van der Waals surface area contributed by atoms with E-state index in [1.165, 1.54) is 5.56 Å². The second-order valence-corrected chi connectivity index (χ2v) is 8.94. The van der Waals surface area contributed by atoms with Crippen LogP contribution in [0.25, 0.3) is 0 Å². The standard InChI is InChI=1S/C25H33N3O3/c1-25(20-9-6-10-22(26)14-20)11-12-28(2)17-21(25)13-19(15-27-16-23(29)30)24(31)18-7-4-3-5-8-18/h3-10,14,19,21,27H,11-13,15-17,26H2,1-2H3,(H,29,30)/t19-,21?,25?/m0/s1. The summed E-state index contributed by atoms with van der Waals surface area (Å²) < 4.78 is 0. The Bertz CT molecular complexity index is 902. The van der Waals surface area contributed by atoms with Crippen LogP contribution in [0.3, 0.4) is 0 Å². The lowest BCUT2D eigenvalue weighted by molar-refractivity contribution is -0.136. The van der Waals surface area contributed by atoms with E-state index < -0.39 is 5.97 Å². The maximum absolute atomic E-state index is 13.4. The Labute approximate surface area is 184 Å². The Morgan fingerprint density at radius 1 is 1.23 bits per heavy atom. The fourth-order valence-electron chi connectivity index (χ4n) is 4.72. The number of nitrogens with two attached hydrogens (primary N) is 1. The number of anilines is 1. The average Bonchev–Trinajstić information content (AvgIpc) is 2.75. The minimum Gasteiger partial charge on any atom is -0.480 e. The molecule has 1 aliphatic rings. The number of Topliss-reactive ketones (excluding diaryl/α,β-unsaturated/α-hetero) is 1. The Morgan fingerprint density at radius 3 is 2.65 bits per heavy atom. The molecule has 0 bridgehead atoms. The number of nitrogen functional groups attached to an aromatic ring is 1. The highest BCUT2D eigenvalue weighted by Gasteiger charge is 2.41. The Kier molecular flexibility index (Phi) is 7.46. The maximum Gasteiger partial charge on any atom is 0.317 e. The maximum atomic E-state index is 13.4. The molecule has 0 aromatic heterocycles. The van der Waals surface area contributed by atoms with Gasteiger partial charge < -0.3 is 21.1 Å². The number of nitrogens with one attached hydrogen (secondary N) is 1. The van der Waals surface area contributed by atoms with Crippen molar-refractivity contribution in [2.45, 2.75) is 25.2 Å². The van der Waals surface area contributed by atoms with Crippen molar-refractivity contribution in [1.82, 2.24) is 10.2 Å². The van der Waals surface area contributed by atoms with Gasteiger partial charge >= 0.3 is 5.97 Å². The molecule has 3 atom stereocenters. The van der Waals surface area contributed by atoms with E-state index in [4.69, 9.17) is 10.8 Å². The zero-order chi connectivity index (χ0) is 22.4. The predicted molar refractivity (Wildman–Crippen MR) is 123 cm³/mol. The van der Waals surface area contributed by atoms with Gasteiger partial charge in [0, 0.05) is 30.3 Å². The third-order valence-corrected chi connectivity index (χ3v) is 6.66. The number of carbonyl (C=O) groups is 2. The van der Waals surface area contributed by atoms with Gasteiger partial charge in [0.2, 0.25) is 0 Å². The van der Waals surface area contributed by atoms with E-state index >= 15 is 0 Å². The second-order valence-electron chi connectivity index (χ2n) is 8.94. The van der Waals surface area contributed by atoms with Crippen LogP contribution in [0.5, 0.6) is 0 Å². The molecule has 1 fully saturated rings. The molecule has 6 nitrogen and oxygen atoms in total. The number of likely N-dealkylation sites (tertiary alicyclic amines) is 1. The first-order chi connectivity index (χ1) is 14.8. The summed E-state index contributed by atoms with van der Waals surface area (Å²) in [6, 6.07) is 17.3. The minimum absolute atomic E-state index is 0.0571. The number of benzene rings is 2. The largest absolute Gasteiger partial charge is 0.480 e. The molecule has 2 aromatic carbocycles. The van der Waals surface area contributed by atoms with Crippen LogP contribution < -0.4 is 11.1 Å². The first-order valence-corrected chi connectivity index (χ1v) is 10.9. The highest BCUT2D eigenvalue weighted by Crippen LogP contribution is 2.43. The van der Waals surface area contributed by atoms with Crippen molar-refractivity contribution in [2.75, 3.05) is 39.0 Å². The molecule has 4 N–H and O–H groups in total. The number of hydrogen-bond acceptors (Lipinski definition) is 5. The van der Waals surface area contributed by atoms with Crippen LogP contribution in [0.15, 0.2) is 54.6 Å². The van der Waals surface area contributed by atoms with Crippen molar-refractivity contribution >= 4 is 17.4 Å². The molecule has 3 rings (SSSR count). The Morgan fingerprint density at radius 2 is 1.97 bits per heavy atom. The van der Waals surface area contributed by atoms with Gasteiger partial charge in [0.15, 0.2) is 5.78 Å². The van der Waals surface area contributed by atoms with Gasteiger partial charge in [-0.15, -0.1) is 0 Å². The van der Waals surface area contributed by atoms with Crippen LogP contribution in [0, 0.1) is 11.8 Å². The summed E-state index contributed by atoms with van der Waals surface area (Å²) in [6.45, 7) is 4.32. The minimum atomic E-state index is -0.923. The molecular formula is C25H33N3O3. The fraction of sp³-hybridized carbons (Fsp3) is 0.440. The highest BCUT2D eigenvalue weighted by molar-refractivity contribution is 5.98. The molecule has 1 aliphatic heterocycles. The molecule has 0 radical (unpaired) electrons. The van der Waals surface area contributed by atoms with Crippen LogP contribution in [0.1, 0.15) is 35.7 Å². The molecule has 1 heterocycles. The quantitative estimate of drug-likeness (QED) is 0.424. The molecule has 1 saturated heterocycles. The molecule has 166 valence electrons. The summed E-state index contributed by atoms with van der Waals surface area (Å²) >= 11 is 0. The predicted octanol–water partition coefficient (Wildman–Crippen LogP) is 3.04. The highest BCUT2D eigenvalue weighted by atomic mass is 16.4. The van der Waals surface area contributed by atoms with E-state index in [0.29, 0.717) is 18.5 Å². The smallest absolute Gasteiger partial charge is 0.317 e. The van der Waals surface area contributed by atoms with Crippen molar-refractivity contribution < 1.29 is 14.7 Å². The summed E-state index contributed by atoms with van der Waals surface area (Å²) in [5.74, 6) is -0.939. The number of piperidine rings is 1. The van der Waals surface area contributed by atoms with E-state index in [1.54, 1.807) is 0 Å². The van der Waals surface area contributed by atoms with Crippen LogP contribution in [0.2, 0.25) is 0 Å². The SMILES string of the molecule is CN1CCC(C)(c2cccc(N)c2)C(C[C@@H](CNCC(=O)O)C(=O)c2ccccc2)C1. The lowest BCUT2D eigenvalue weighted by atomic mass is 9.64. The van der Waals surface area contributed by atoms with Gasteiger partial charge in [0.25, 0.3) is 0 Å². The topological polar surface area (TPSA) is 95.7 Å². The number of hydrogen-bond donors (Lipinski definition) is 3. The van der Waals surface area contributed by atoms with E-state index in [2.05, 4.69) is 36.3 Å². The van der Waals surface area contributed by atoms with Crippen LogP contribution >= 0.6 is 0 Å². The molecule has 2 unspecified atom stereocenters. The van der Waals surface area contributed by atoms with Crippen molar-refractivity contribution in [2.24, 2.45) is 11.8 Å². The zero-order valence-corrected chi connectivity index (χ0v) is 18.4. The monoisotopic (exact) mass is 423 g/mol. The summed E-state index contributed by atoms with van der Waals surface area (Å²) in [5, 5.41) is 12.0. The Balaban J connectivity index is 1.88. The van der Waals surface area contributed by atoms with Gasteiger partial charge in [-0.05, 0) is 55.5 Å². The van der Waals surface area contributed by atoms with Gasteiger partial charge in [0.05, 0.1) is 6.54 Å². The molecule has 0 saturated carbocycles. The van der Waals surface area contributed by atoms with Crippen LogP contribution in [0.4, 0.5) is 5.69 Å². The number of aliphatic carboxylic acids is 1. The summed E-state index contributed by atoms with van der Waals surface area (Å²) in [4.78, 5) is 26.7. The van der Waals surface area contributed by atoms with E-state index in [9.17, 15) is 9.59 Å². The Hall–Kier alpha value is -2.70. The first kappa shape index (κ1) is 23.0. The zero-order valence-electron chi connectivity index (χ0n) is 18.4. The molecule has 0 aliphatic carbocycles. The van der Waals surface area contributed by atoms with E-state index in [0.717, 1.165) is 25.2 Å². The average molecular weight is 424 g/mol. The number of rotatable bonds is 9. The molecule has 2 aromatic rings. The summed E-state index contributed by atoms with van der Waals surface area (Å²) in [7, 11) is 2.11. The summed E-state index contributed by atoms with van der Waals surface area (Å²) in [6.07, 6.45) is 1.66. The van der Waals surface area contributed by atoms with Gasteiger partial charge in [0.1, 0.15) is 0 Å². The van der Waals surface area contributed by atoms with Gasteiger partial charge in [-0.1, -0.05) is 49.4 Å². The molecular weight excluding hydrogens is 390 g/mol. The number of carbonyl (C=O) groups excluding carboxylic acids is 1.